The molecule has 5 nitrogen and oxygen atoms in total. The monoisotopic (exact) mass is 317 g/mol. The lowest BCUT2D eigenvalue weighted by atomic mass is 9.91. The summed E-state index contributed by atoms with van der Waals surface area (Å²) in [5.74, 6) is 0.625. The summed E-state index contributed by atoms with van der Waals surface area (Å²) >= 11 is 0. The topological polar surface area (TPSA) is 44.8 Å². The molecule has 0 aromatic heterocycles. The van der Waals surface area contributed by atoms with Crippen LogP contribution in [0.25, 0.3) is 0 Å². The number of carbonyl (C=O) groups is 1. The van der Waals surface area contributed by atoms with E-state index in [9.17, 15) is 4.79 Å². The minimum atomic E-state index is 0.0462. The van der Waals surface area contributed by atoms with E-state index in [0.29, 0.717) is 32.2 Å². The lowest BCUT2D eigenvalue weighted by Gasteiger charge is -2.33. The third kappa shape index (κ3) is 4.69. The van der Waals surface area contributed by atoms with E-state index in [1.54, 1.807) is 0 Å². The van der Waals surface area contributed by atoms with E-state index in [0.717, 1.165) is 26.2 Å². The maximum Gasteiger partial charge on any atom is 0.317 e. The fraction of sp³-hybridized carbons (Fsp3) is 0.611. The molecule has 0 bridgehead atoms. The third-order valence-corrected chi connectivity index (χ3v) is 4.78. The molecule has 2 aliphatic heterocycles. The van der Waals surface area contributed by atoms with Gasteiger partial charge in [0, 0.05) is 32.7 Å². The van der Waals surface area contributed by atoms with Gasteiger partial charge in [-0.25, -0.2) is 4.79 Å². The van der Waals surface area contributed by atoms with Crippen molar-refractivity contribution in [1.82, 2.24) is 15.1 Å². The van der Waals surface area contributed by atoms with E-state index in [1.165, 1.54) is 18.4 Å². The molecule has 23 heavy (non-hydrogen) atoms. The van der Waals surface area contributed by atoms with Gasteiger partial charge in [0.15, 0.2) is 0 Å². The Kier molecular flexibility index (Phi) is 5.88. The summed E-state index contributed by atoms with van der Waals surface area (Å²) in [4.78, 5) is 16.4. The highest BCUT2D eigenvalue weighted by Gasteiger charge is 2.21. The molecule has 0 saturated carbocycles. The summed E-state index contributed by atoms with van der Waals surface area (Å²) in [6.45, 7) is 6.58. The molecule has 1 aromatic carbocycles. The SMILES string of the molecule is O=C(NCCN1CCC[C@H](c2ccccc2)C1)N1CCOCC1. The number of benzene rings is 1. The van der Waals surface area contributed by atoms with Crippen LogP contribution in [0.1, 0.15) is 24.3 Å². The largest absolute Gasteiger partial charge is 0.378 e. The Bertz CT molecular complexity index is 488. The summed E-state index contributed by atoms with van der Waals surface area (Å²) in [5, 5.41) is 3.04. The second kappa shape index (κ2) is 8.31. The number of hydrogen-bond acceptors (Lipinski definition) is 3. The van der Waals surface area contributed by atoms with Gasteiger partial charge in [-0.1, -0.05) is 30.3 Å². The zero-order chi connectivity index (χ0) is 15.9. The van der Waals surface area contributed by atoms with Gasteiger partial charge in [-0.3, -0.25) is 0 Å². The molecule has 1 N–H and O–H groups in total. The molecule has 2 aliphatic rings. The van der Waals surface area contributed by atoms with Crippen molar-refractivity contribution in [2.45, 2.75) is 18.8 Å². The third-order valence-electron chi connectivity index (χ3n) is 4.78. The van der Waals surface area contributed by atoms with Gasteiger partial charge in [-0.2, -0.15) is 0 Å². The van der Waals surface area contributed by atoms with Gasteiger partial charge in [-0.15, -0.1) is 0 Å². The maximum atomic E-state index is 12.1. The number of piperidine rings is 1. The Labute approximate surface area is 138 Å². The van der Waals surface area contributed by atoms with Crippen LogP contribution in [0.2, 0.25) is 0 Å². The first-order chi connectivity index (χ1) is 11.3. The molecule has 0 unspecified atom stereocenters. The van der Waals surface area contributed by atoms with E-state index in [4.69, 9.17) is 4.74 Å². The lowest BCUT2D eigenvalue weighted by Crippen LogP contribution is -2.48. The number of nitrogens with zero attached hydrogens (tertiary/aromatic N) is 2. The minimum absolute atomic E-state index is 0.0462. The minimum Gasteiger partial charge on any atom is -0.378 e. The number of nitrogens with one attached hydrogen (secondary N) is 1. The lowest BCUT2D eigenvalue weighted by molar-refractivity contribution is 0.0530. The first-order valence-corrected chi connectivity index (χ1v) is 8.71. The second-order valence-electron chi connectivity index (χ2n) is 6.38. The second-order valence-corrected chi connectivity index (χ2v) is 6.38. The van der Waals surface area contributed by atoms with Gasteiger partial charge in [0.1, 0.15) is 0 Å². The van der Waals surface area contributed by atoms with E-state index < -0.39 is 0 Å². The summed E-state index contributed by atoms with van der Waals surface area (Å²) in [5.41, 5.74) is 1.44. The fourth-order valence-electron chi connectivity index (χ4n) is 3.46. The summed E-state index contributed by atoms with van der Waals surface area (Å²) < 4.78 is 5.27. The van der Waals surface area contributed by atoms with E-state index in [1.807, 2.05) is 4.90 Å². The normalized spacial score (nSPS) is 22.8. The van der Waals surface area contributed by atoms with Gasteiger partial charge in [-0.05, 0) is 30.9 Å². The van der Waals surface area contributed by atoms with E-state index >= 15 is 0 Å². The van der Waals surface area contributed by atoms with Crippen LogP contribution >= 0.6 is 0 Å². The van der Waals surface area contributed by atoms with Crippen molar-refractivity contribution in [2.24, 2.45) is 0 Å². The van der Waals surface area contributed by atoms with Gasteiger partial charge in [0.25, 0.3) is 0 Å². The first-order valence-electron chi connectivity index (χ1n) is 8.71. The van der Waals surface area contributed by atoms with Gasteiger partial charge in [0.05, 0.1) is 13.2 Å². The first kappa shape index (κ1) is 16.3. The van der Waals surface area contributed by atoms with Crippen LogP contribution < -0.4 is 5.32 Å². The van der Waals surface area contributed by atoms with Crippen molar-refractivity contribution >= 4 is 6.03 Å². The molecule has 0 aliphatic carbocycles. The number of urea groups is 1. The molecule has 0 radical (unpaired) electrons. The molecule has 126 valence electrons. The summed E-state index contributed by atoms with van der Waals surface area (Å²) in [7, 11) is 0. The fourth-order valence-corrected chi connectivity index (χ4v) is 3.46. The highest BCUT2D eigenvalue weighted by atomic mass is 16.5. The van der Waals surface area contributed by atoms with Gasteiger partial charge < -0.3 is 19.9 Å². The number of carbonyl (C=O) groups excluding carboxylic acids is 1. The molecule has 5 heteroatoms. The van der Waals surface area contributed by atoms with Crippen LogP contribution in [0.4, 0.5) is 4.79 Å². The Hall–Kier alpha value is -1.59. The predicted molar refractivity (Wildman–Crippen MR) is 90.6 cm³/mol. The Balaban J connectivity index is 1.40. The number of ether oxygens (including phenoxy) is 1. The van der Waals surface area contributed by atoms with Crippen LogP contribution in [0.3, 0.4) is 0 Å². The summed E-state index contributed by atoms with van der Waals surface area (Å²) in [6, 6.07) is 10.8. The van der Waals surface area contributed by atoms with E-state index in [2.05, 4.69) is 40.5 Å². The molecular formula is C18H27N3O2. The van der Waals surface area contributed by atoms with Crippen molar-refractivity contribution in [2.75, 3.05) is 52.5 Å². The number of likely N-dealkylation sites (tertiary alicyclic amines) is 1. The number of rotatable bonds is 4. The van der Waals surface area contributed by atoms with Crippen LogP contribution in [-0.2, 0) is 4.74 Å². The van der Waals surface area contributed by atoms with Crippen LogP contribution in [0.15, 0.2) is 30.3 Å². The zero-order valence-electron chi connectivity index (χ0n) is 13.7. The number of morpholine rings is 1. The molecule has 2 amide bonds. The Morgan fingerprint density at radius 2 is 1.96 bits per heavy atom. The number of hydrogen-bond donors (Lipinski definition) is 1. The average molecular weight is 317 g/mol. The maximum absolute atomic E-state index is 12.1. The molecule has 1 aromatic rings. The quantitative estimate of drug-likeness (QED) is 0.922. The van der Waals surface area contributed by atoms with Crippen LogP contribution in [0.5, 0.6) is 0 Å². The van der Waals surface area contributed by atoms with Crippen molar-refractivity contribution in [3.05, 3.63) is 35.9 Å². The highest BCUT2D eigenvalue weighted by Crippen LogP contribution is 2.26. The molecule has 1 atom stereocenters. The molecule has 0 spiro atoms. The van der Waals surface area contributed by atoms with Crippen LogP contribution in [0, 0.1) is 0 Å². The Morgan fingerprint density at radius 1 is 1.17 bits per heavy atom. The van der Waals surface area contributed by atoms with Crippen LogP contribution in [-0.4, -0.2) is 68.3 Å². The predicted octanol–water partition coefficient (Wildman–Crippen LogP) is 1.91. The Morgan fingerprint density at radius 3 is 2.74 bits per heavy atom. The smallest absolute Gasteiger partial charge is 0.317 e. The van der Waals surface area contributed by atoms with Crippen molar-refractivity contribution in [3.63, 3.8) is 0 Å². The molecule has 2 heterocycles. The standard InChI is InChI=1S/C18H27N3O2/c22-18(21-11-13-23-14-12-21)19-8-10-20-9-4-7-17(15-20)16-5-2-1-3-6-16/h1-3,5-6,17H,4,7-15H2,(H,19,22)/t17-/m0/s1. The molecule has 2 fully saturated rings. The number of amides is 2. The average Bonchev–Trinajstić information content (AvgIpc) is 2.63. The van der Waals surface area contributed by atoms with Crippen molar-refractivity contribution in [3.8, 4) is 0 Å². The molecule has 2 saturated heterocycles. The molecule has 3 rings (SSSR count). The zero-order valence-corrected chi connectivity index (χ0v) is 13.7. The highest BCUT2D eigenvalue weighted by molar-refractivity contribution is 5.74. The van der Waals surface area contributed by atoms with Gasteiger partial charge in [0.2, 0.25) is 0 Å². The van der Waals surface area contributed by atoms with Crippen molar-refractivity contribution < 1.29 is 9.53 Å². The van der Waals surface area contributed by atoms with Crippen molar-refractivity contribution in [1.29, 1.82) is 0 Å². The molecular weight excluding hydrogens is 290 g/mol. The van der Waals surface area contributed by atoms with E-state index in [-0.39, 0.29) is 6.03 Å². The van der Waals surface area contributed by atoms with Gasteiger partial charge >= 0.3 is 6.03 Å². The summed E-state index contributed by atoms with van der Waals surface area (Å²) in [6.07, 6.45) is 2.50.